The fourth-order valence-corrected chi connectivity index (χ4v) is 2.07. The van der Waals surface area contributed by atoms with Crippen LogP contribution in [0.3, 0.4) is 0 Å². The molecule has 0 spiro atoms. The molecule has 0 bridgehead atoms. The van der Waals surface area contributed by atoms with Gasteiger partial charge in [-0.25, -0.2) is 9.37 Å². The molecule has 0 atom stereocenters. The molecule has 1 aromatic heterocycles. The second-order valence-electron chi connectivity index (χ2n) is 3.40. The van der Waals surface area contributed by atoms with Crippen molar-refractivity contribution in [1.82, 2.24) is 4.98 Å². The summed E-state index contributed by atoms with van der Waals surface area (Å²) in [5, 5.41) is 12.0. The summed E-state index contributed by atoms with van der Waals surface area (Å²) in [4.78, 5) is 4.61. The number of nitrogens with two attached hydrogens (primary N) is 1. The highest BCUT2D eigenvalue weighted by atomic mass is 32.2. The lowest BCUT2D eigenvalue weighted by Crippen LogP contribution is -2.13. The van der Waals surface area contributed by atoms with Crippen molar-refractivity contribution in [3.05, 3.63) is 54.0 Å². The first-order valence-corrected chi connectivity index (χ1v) is 5.88. The fraction of sp³-hybridized carbons (Fsp3) is 0. The second kappa shape index (κ2) is 5.50. The number of benzene rings is 1. The zero-order valence-electron chi connectivity index (χ0n) is 9.25. The molecular weight excluding hydrogens is 253 g/mol. The van der Waals surface area contributed by atoms with Crippen LogP contribution in [0.2, 0.25) is 0 Å². The number of pyridine rings is 1. The van der Waals surface area contributed by atoms with Gasteiger partial charge in [-0.2, -0.15) is 0 Å². The van der Waals surface area contributed by atoms with Gasteiger partial charge >= 0.3 is 0 Å². The van der Waals surface area contributed by atoms with Gasteiger partial charge in [0.25, 0.3) is 0 Å². The first-order valence-electron chi connectivity index (χ1n) is 5.07. The lowest BCUT2D eigenvalue weighted by atomic mass is 10.3. The van der Waals surface area contributed by atoms with Crippen LogP contribution in [0.5, 0.6) is 0 Å². The Morgan fingerprint density at radius 3 is 2.67 bits per heavy atom. The first-order chi connectivity index (χ1) is 8.70. The van der Waals surface area contributed by atoms with E-state index in [2.05, 4.69) is 10.1 Å². The van der Waals surface area contributed by atoms with Crippen LogP contribution >= 0.6 is 11.8 Å². The standard InChI is InChI=1S/C12H10FN3OS/c13-9-3-1-2-4-10(9)18-11-6-5-8(7-15-11)12(14)16-17/h1-7,17H,(H2,14,16). The summed E-state index contributed by atoms with van der Waals surface area (Å²) in [5.41, 5.74) is 5.92. The molecule has 0 aliphatic heterocycles. The van der Waals surface area contributed by atoms with Crippen molar-refractivity contribution in [2.75, 3.05) is 0 Å². The molecule has 0 fully saturated rings. The number of hydrogen-bond donors (Lipinski definition) is 2. The van der Waals surface area contributed by atoms with Crippen molar-refractivity contribution in [2.45, 2.75) is 9.92 Å². The fourth-order valence-electron chi connectivity index (χ4n) is 1.29. The van der Waals surface area contributed by atoms with Gasteiger partial charge in [0.2, 0.25) is 0 Å². The topological polar surface area (TPSA) is 71.5 Å². The normalized spacial score (nSPS) is 11.5. The SMILES string of the molecule is N/C(=N\O)c1ccc(Sc2ccccc2F)nc1. The smallest absolute Gasteiger partial charge is 0.171 e. The van der Waals surface area contributed by atoms with Gasteiger partial charge in [0.15, 0.2) is 5.84 Å². The van der Waals surface area contributed by atoms with E-state index in [4.69, 9.17) is 10.9 Å². The van der Waals surface area contributed by atoms with E-state index in [1.54, 1.807) is 30.3 Å². The highest BCUT2D eigenvalue weighted by Crippen LogP contribution is 2.27. The Morgan fingerprint density at radius 2 is 2.06 bits per heavy atom. The molecule has 2 aromatic rings. The summed E-state index contributed by atoms with van der Waals surface area (Å²) in [6, 6.07) is 9.81. The van der Waals surface area contributed by atoms with Crippen LogP contribution in [-0.4, -0.2) is 16.0 Å². The van der Waals surface area contributed by atoms with Crippen molar-refractivity contribution >= 4 is 17.6 Å². The van der Waals surface area contributed by atoms with E-state index in [9.17, 15) is 4.39 Å². The summed E-state index contributed by atoms with van der Waals surface area (Å²) < 4.78 is 13.4. The average molecular weight is 263 g/mol. The Labute approximate surface area is 107 Å². The predicted molar refractivity (Wildman–Crippen MR) is 67.3 cm³/mol. The number of nitrogens with zero attached hydrogens (tertiary/aromatic N) is 2. The zero-order valence-corrected chi connectivity index (χ0v) is 10.1. The highest BCUT2D eigenvalue weighted by molar-refractivity contribution is 7.99. The highest BCUT2D eigenvalue weighted by Gasteiger charge is 2.05. The Balaban J connectivity index is 2.19. The Hall–Kier alpha value is -2.08. The van der Waals surface area contributed by atoms with Gasteiger partial charge in [0.05, 0.1) is 0 Å². The van der Waals surface area contributed by atoms with E-state index in [1.165, 1.54) is 24.0 Å². The maximum atomic E-state index is 13.4. The Kier molecular flexibility index (Phi) is 3.78. The number of amidine groups is 1. The molecule has 0 saturated heterocycles. The number of rotatable bonds is 3. The van der Waals surface area contributed by atoms with Gasteiger partial charge in [-0.3, -0.25) is 0 Å². The summed E-state index contributed by atoms with van der Waals surface area (Å²) in [7, 11) is 0. The van der Waals surface area contributed by atoms with Crippen LogP contribution < -0.4 is 5.73 Å². The van der Waals surface area contributed by atoms with E-state index in [-0.39, 0.29) is 11.7 Å². The van der Waals surface area contributed by atoms with E-state index < -0.39 is 0 Å². The van der Waals surface area contributed by atoms with Crippen LogP contribution in [0.1, 0.15) is 5.56 Å². The minimum Gasteiger partial charge on any atom is -0.409 e. The zero-order chi connectivity index (χ0) is 13.0. The van der Waals surface area contributed by atoms with Gasteiger partial charge in [0, 0.05) is 16.7 Å². The lowest BCUT2D eigenvalue weighted by Gasteiger charge is -2.03. The number of hydrogen-bond acceptors (Lipinski definition) is 4. The molecular formula is C12H10FN3OS. The molecule has 6 heteroatoms. The quantitative estimate of drug-likeness (QED) is 0.386. The maximum Gasteiger partial charge on any atom is 0.171 e. The molecule has 4 nitrogen and oxygen atoms in total. The molecule has 1 aromatic carbocycles. The van der Waals surface area contributed by atoms with Crippen LogP contribution in [0, 0.1) is 5.82 Å². The van der Waals surface area contributed by atoms with Gasteiger partial charge < -0.3 is 10.9 Å². The number of aromatic nitrogens is 1. The molecule has 0 radical (unpaired) electrons. The van der Waals surface area contributed by atoms with E-state index in [1.807, 2.05) is 0 Å². The Bertz CT molecular complexity index is 572. The molecule has 3 N–H and O–H groups in total. The van der Waals surface area contributed by atoms with Gasteiger partial charge in [-0.1, -0.05) is 29.1 Å². The van der Waals surface area contributed by atoms with Crippen molar-refractivity contribution in [2.24, 2.45) is 10.9 Å². The predicted octanol–water partition coefficient (Wildman–Crippen LogP) is 2.47. The molecule has 18 heavy (non-hydrogen) atoms. The maximum absolute atomic E-state index is 13.4. The first kappa shape index (κ1) is 12.4. The summed E-state index contributed by atoms with van der Waals surface area (Å²) >= 11 is 1.21. The third-order valence-electron chi connectivity index (χ3n) is 2.19. The Morgan fingerprint density at radius 1 is 1.28 bits per heavy atom. The molecule has 0 amide bonds. The third-order valence-corrected chi connectivity index (χ3v) is 3.19. The molecule has 0 aliphatic rings. The van der Waals surface area contributed by atoms with Crippen LogP contribution in [0.4, 0.5) is 4.39 Å². The molecule has 2 rings (SSSR count). The summed E-state index contributed by atoms with van der Waals surface area (Å²) in [6.07, 6.45) is 1.47. The summed E-state index contributed by atoms with van der Waals surface area (Å²) in [6.45, 7) is 0. The molecule has 1 heterocycles. The number of oxime groups is 1. The molecule has 0 aliphatic carbocycles. The van der Waals surface area contributed by atoms with Crippen molar-refractivity contribution in [1.29, 1.82) is 0 Å². The minimum atomic E-state index is -0.287. The third kappa shape index (κ3) is 2.78. The van der Waals surface area contributed by atoms with Crippen molar-refractivity contribution < 1.29 is 9.60 Å². The van der Waals surface area contributed by atoms with Crippen LogP contribution in [-0.2, 0) is 0 Å². The van der Waals surface area contributed by atoms with Gasteiger partial charge in [0.1, 0.15) is 10.8 Å². The van der Waals surface area contributed by atoms with Crippen LogP contribution in [0.15, 0.2) is 57.7 Å². The van der Waals surface area contributed by atoms with Crippen molar-refractivity contribution in [3.63, 3.8) is 0 Å². The molecule has 92 valence electrons. The largest absolute Gasteiger partial charge is 0.409 e. The van der Waals surface area contributed by atoms with Crippen LogP contribution in [0.25, 0.3) is 0 Å². The van der Waals surface area contributed by atoms with E-state index in [0.717, 1.165) is 0 Å². The second-order valence-corrected chi connectivity index (χ2v) is 4.47. The minimum absolute atomic E-state index is 0.00931. The summed E-state index contributed by atoms with van der Waals surface area (Å²) in [5.74, 6) is -0.297. The lowest BCUT2D eigenvalue weighted by molar-refractivity contribution is 0.318. The average Bonchev–Trinajstić information content (AvgIpc) is 2.41. The van der Waals surface area contributed by atoms with Gasteiger partial charge in [-0.05, 0) is 24.3 Å². The van der Waals surface area contributed by atoms with E-state index in [0.29, 0.717) is 15.5 Å². The van der Waals surface area contributed by atoms with Crippen molar-refractivity contribution in [3.8, 4) is 0 Å². The van der Waals surface area contributed by atoms with Gasteiger partial charge in [-0.15, -0.1) is 0 Å². The van der Waals surface area contributed by atoms with E-state index >= 15 is 0 Å². The number of halogens is 1. The monoisotopic (exact) mass is 263 g/mol. The molecule has 0 saturated carbocycles. The molecule has 0 unspecified atom stereocenters.